The van der Waals surface area contributed by atoms with Crippen LogP contribution in [0.3, 0.4) is 0 Å². The van der Waals surface area contributed by atoms with Gasteiger partial charge in [-0.25, -0.2) is 0 Å². The van der Waals surface area contributed by atoms with Gasteiger partial charge in [-0.1, -0.05) is 24.3 Å². The van der Waals surface area contributed by atoms with Crippen LogP contribution in [-0.2, 0) is 4.74 Å². The third kappa shape index (κ3) is 4.82. The van der Waals surface area contributed by atoms with Crippen LogP contribution in [0.5, 0.6) is 5.75 Å². The zero-order valence-electron chi connectivity index (χ0n) is 16.9. The van der Waals surface area contributed by atoms with Crippen molar-refractivity contribution in [3.8, 4) is 5.75 Å². The van der Waals surface area contributed by atoms with E-state index in [0.717, 1.165) is 32.0 Å². The predicted octanol–water partition coefficient (Wildman–Crippen LogP) is 1.15. The number of carbonyl (C=O) groups is 1. The molecule has 6 nitrogen and oxygen atoms in total. The van der Waals surface area contributed by atoms with E-state index in [1.807, 2.05) is 26.2 Å². The molecule has 150 valence electrons. The van der Waals surface area contributed by atoms with Crippen molar-refractivity contribution in [3.63, 3.8) is 0 Å². The van der Waals surface area contributed by atoms with E-state index in [-0.39, 0.29) is 11.9 Å². The van der Waals surface area contributed by atoms with Crippen LogP contribution in [0, 0.1) is 0 Å². The molecule has 0 spiro atoms. The normalized spacial score (nSPS) is 15.7. The number of carbonyl (C=O) groups excluding carboxylic acids is 1. The lowest BCUT2D eigenvalue weighted by atomic mass is 10.0. The Kier molecular flexibility index (Phi) is 6.90. The Morgan fingerprint density at radius 2 is 1.82 bits per heavy atom. The van der Waals surface area contributed by atoms with Crippen molar-refractivity contribution in [2.24, 2.45) is 0 Å². The van der Waals surface area contributed by atoms with Crippen LogP contribution in [0.15, 0.2) is 48.5 Å². The van der Waals surface area contributed by atoms with Gasteiger partial charge in [0, 0.05) is 25.3 Å². The SMILES string of the molecule is COc1ccccc1C(=O)NC[C@@H](c1ccc(N(C)C)cc1)[NH+]1CCOCC1. The molecule has 0 aromatic heterocycles. The summed E-state index contributed by atoms with van der Waals surface area (Å²) < 4.78 is 10.9. The Labute approximate surface area is 167 Å². The van der Waals surface area contributed by atoms with Crippen LogP contribution >= 0.6 is 0 Å². The van der Waals surface area contributed by atoms with Crippen LogP contribution in [0.4, 0.5) is 5.69 Å². The van der Waals surface area contributed by atoms with Gasteiger partial charge >= 0.3 is 0 Å². The van der Waals surface area contributed by atoms with Crippen molar-refractivity contribution in [1.29, 1.82) is 0 Å². The first kappa shape index (κ1) is 20.2. The smallest absolute Gasteiger partial charge is 0.255 e. The van der Waals surface area contributed by atoms with Gasteiger partial charge < -0.3 is 24.6 Å². The van der Waals surface area contributed by atoms with Gasteiger partial charge in [0.15, 0.2) is 0 Å². The van der Waals surface area contributed by atoms with E-state index in [4.69, 9.17) is 9.47 Å². The molecule has 0 saturated carbocycles. The molecule has 6 heteroatoms. The predicted molar refractivity (Wildman–Crippen MR) is 110 cm³/mol. The summed E-state index contributed by atoms with van der Waals surface area (Å²) in [5.41, 5.74) is 2.95. The molecule has 0 radical (unpaired) electrons. The summed E-state index contributed by atoms with van der Waals surface area (Å²) >= 11 is 0. The molecule has 1 aliphatic heterocycles. The van der Waals surface area contributed by atoms with Crippen LogP contribution in [-0.4, -0.2) is 60.0 Å². The summed E-state index contributed by atoms with van der Waals surface area (Å²) in [4.78, 5) is 16.3. The van der Waals surface area contributed by atoms with Crippen LogP contribution in [0.1, 0.15) is 22.0 Å². The second kappa shape index (κ2) is 9.57. The van der Waals surface area contributed by atoms with Gasteiger partial charge in [0.2, 0.25) is 0 Å². The molecule has 2 aromatic rings. The number of nitrogens with one attached hydrogen (secondary N) is 2. The summed E-state index contributed by atoms with van der Waals surface area (Å²) in [7, 11) is 5.65. The summed E-state index contributed by atoms with van der Waals surface area (Å²) in [6.45, 7) is 3.94. The molecule has 0 aliphatic carbocycles. The lowest BCUT2D eigenvalue weighted by Crippen LogP contribution is -3.15. The molecule has 3 rings (SSSR count). The highest BCUT2D eigenvalue weighted by Gasteiger charge is 2.27. The van der Waals surface area contributed by atoms with Crippen molar-refractivity contribution in [1.82, 2.24) is 5.32 Å². The summed E-state index contributed by atoms with van der Waals surface area (Å²) in [6, 6.07) is 16.1. The molecular weight excluding hydrogens is 354 g/mol. The monoisotopic (exact) mass is 384 g/mol. The van der Waals surface area contributed by atoms with Crippen LogP contribution in [0.2, 0.25) is 0 Å². The molecule has 1 atom stereocenters. The molecule has 1 aliphatic rings. The van der Waals surface area contributed by atoms with Crippen molar-refractivity contribution >= 4 is 11.6 Å². The zero-order chi connectivity index (χ0) is 19.9. The van der Waals surface area contributed by atoms with E-state index in [9.17, 15) is 4.79 Å². The Hall–Kier alpha value is -2.57. The number of benzene rings is 2. The molecule has 2 aromatic carbocycles. The highest BCUT2D eigenvalue weighted by atomic mass is 16.5. The zero-order valence-corrected chi connectivity index (χ0v) is 16.9. The molecule has 1 saturated heterocycles. The minimum atomic E-state index is -0.111. The molecular formula is C22H30N3O3+. The third-order valence-electron chi connectivity index (χ3n) is 5.26. The number of anilines is 1. The van der Waals surface area contributed by atoms with Gasteiger partial charge in [0.1, 0.15) is 24.9 Å². The number of morpholine rings is 1. The molecule has 0 unspecified atom stereocenters. The van der Waals surface area contributed by atoms with E-state index in [2.05, 4.69) is 34.5 Å². The average molecular weight is 385 g/mol. The first-order valence-corrected chi connectivity index (χ1v) is 9.71. The maximum Gasteiger partial charge on any atom is 0.255 e. The molecule has 1 amide bonds. The van der Waals surface area contributed by atoms with Crippen molar-refractivity contribution in [2.75, 3.05) is 59.0 Å². The fraction of sp³-hybridized carbons (Fsp3) is 0.409. The van der Waals surface area contributed by atoms with Crippen molar-refractivity contribution in [2.45, 2.75) is 6.04 Å². The Bertz CT molecular complexity index is 771. The van der Waals surface area contributed by atoms with Gasteiger partial charge in [-0.15, -0.1) is 0 Å². The van der Waals surface area contributed by atoms with Gasteiger partial charge in [-0.3, -0.25) is 4.79 Å². The lowest BCUT2D eigenvalue weighted by Gasteiger charge is -2.32. The van der Waals surface area contributed by atoms with Gasteiger partial charge in [0.25, 0.3) is 5.91 Å². The fourth-order valence-corrected chi connectivity index (χ4v) is 3.61. The largest absolute Gasteiger partial charge is 0.496 e. The van der Waals surface area contributed by atoms with Gasteiger partial charge in [0.05, 0.1) is 32.4 Å². The Morgan fingerprint density at radius 1 is 1.14 bits per heavy atom. The number of amides is 1. The Balaban J connectivity index is 1.76. The maximum absolute atomic E-state index is 12.8. The Morgan fingerprint density at radius 3 is 2.46 bits per heavy atom. The highest BCUT2D eigenvalue weighted by Crippen LogP contribution is 2.19. The van der Waals surface area contributed by atoms with Crippen molar-refractivity contribution < 1.29 is 19.2 Å². The van der Waals surface area contributed by atoms with Gasteiger partial charge in [-0.2, -0.15) is 0 Å². The molecule has 1 heterocycles. The molecule has 0 bridgehead atoms. The number of hydrogen-bond acceptors (Lipinski definition) is 4. The fourth-order valence-electron chi connectivity index (χ4n) is 3.61. The quantitative estimate of drug-likeness (QED) is 0.752. The van der Waals surface area contributed by atoms with E-state index in [1.165, 1.54) is 10.5 Å². The second-order valence-corrected chi connectivity index (χ2v) is 7.22. The topological polar surface area (TPSA) is 55.2 Å². The molecule has 28 heavy (non-hydrogen) atoms. The summed E-state index contributed by atoms with van der Waals surface area (Å²) in [5, 5.41) is 3.12. The van der Waals surface area contributed by atoms with E-state index in [0.29, 0.717) is 17.9 Å². The highest BCUT2D eigenvalue weighted by molar-refractivity contribution is 5.96. The molecule has 2 N–H and O–H groups in total. The van der Waals surface area contributed by atoms with Gasteiger partial charge in [-0.05, 0) is 24.3 Å². The second-order valence-electron chi connectivity index (χ2n) is 7.22. The van der Waals surface area contributed by atoms with E-state index < -0.39 is 0 Å². The average Bonchev–Trinajstić information content (AvgIpc) is 2.74. The first-order valence-electron chi connectivity index (χ1n) is 9.71. The number of ether oxygens (including phenoxy) is 2. The summed E-state index contributed by atoms with van der Waals surface area (Å²) in [5.74, 6) is 0.477. The number of para-hydroxylation sites is 1. The summed E-state index contributed by atoms with van der Waals surface area (Å²) in [6.07, 6.45) is 0. The maximum atomic E-state index is 12.8. The number of hydrogen-bond donors (Lipinski definition) is 2. The third-order valence-corrected chi connectivity index (χ3v) is 5.26. The van der Waals surface area contributed by atoms with Crippen LogP contribution < -0.4 is 19.9 Å². The lowest BCUT2D eigenvalue weighted by molar-refractivity contribution is -0.937. The first-order chi connectivity index (χ1) is 13.6. The van der Waals surface area contributed by atoms with Crippen molar-refractivity contribution in [3.05, 3.63) is 59.7 Å². The number of methoxy groups -OCH3 is 1. The minimum absolute atomic E-state index is 0.111. The minimum Gasteiger partial charge on any atom is -0.496 e. The standard InChI is InChI=1S/C22H29N3O3/c1-24(2)18-10-8-17(9-11-18)20(25-12-14-28-15-13-25)16-23-22(26)19-6-4-5-7-21(19)27-3/h4-11,20H,12-16H2,1-3H3,(H,23,26)/p+1/t20-/m0/s1. The van der Waals surface area contributed by atoms with E-state index >= 15 is 0 Å². The number of quaternary nitrogens is 1. The molecule has 1 fully saturated rings. The van der Waals surface area contributed by atoms with Crippen LogP contribution in [0.25, 0.3) is 0 Å². The number of nitrogens with zero attached hydrogens (tertiary/aromatic N) is 1. The van der Waals surface area contributed by atoms with E-state index in [1.54, 1.807) is 19.2 Å². The number of rotatable bonds is 7.